The van der Waals surface area contributed by atoms with Crippen LogP contribution in [-0.2, 0) is 21.2 Å². The SMILES string of the molecule is COc1nccnc1NS(=O)(=O)c1ccc(NC(=S)NC(=O)CCc2ccccc2)cc1. The van der Waals surface area contributed by atoms with Crippen molar-refractivity contribution in [3.63, 3.8) is 0 Å². The van der Waals surface area contributed by atoms with Crippen LogP contribution in [0.5, 0.6) is 5.88 Å². The number of carbonyl (C=O) groups excluding carboxylic acids is 1. The van der Waals surface area contributed by atoms with Crippen LogP contribution in [0.25, 0.3) is 0 Å². The number of hydrogen-bond acceptors (Lipinski definition) is 7. The van der Waals surface area contributed by atoms with Crippen molar-refractivity contribution in [2.45, 2.75) is 17.7 Å². The molecule has 1 heterocycles. The van der Waals surface area contributed by atoms with E-state index in [0.29, 0.717) is 18.5 Å². The van der Waals surface area contributed by atoms with Crippen LogP contribution in [0.2, 0.25) is 0 Å². The number of hydrogen-bond donors (Lipinski definition) is 3. The fraction of sp³-hybridized carbons (Fsp3) is 0.143. The third-order valence-corrected chi connectivity index (χ3v) is 5.81. The number of ether oxygens (including phenoxy) is 1. The number of thiocarbonyl (C=S) groups is 1. The molecule has 32 heavy (non-hydrogen) atoms. The maximum Gasteiger partial charge on any atom is 0.263 e. The van der Waals surface area contributed by atoms with Crippen LogP contribution in [0.15, 0.2) is 71.9 Å². The third kappa shape index (κ3) is 6.46. The molecule has 1 amide bonds. The molecule has 0 atom stereocenters. The Hall–Kier alpha value is -3.57. The molecule has 3 N–H and O–H groups in total. The first-order chi connectivity index (χ1) is 15.4. The van der Waals surface area contributed by atoms with Crippen molar-refractivity contribution in [3.05, 3.63) is 72.6 Å². The molecule has 0 aliphatic carbocycles. The zero-order valence-electron chi connectivity index (χ0n) is 17.1. The van der Waals surface area contributed by atoms with Crippen molar-refractivity contribution in [2.24, 2.45) is 0 Å². The Morgan fingerprint density at radius 1 is 1.03 bits per heavy atom. The first-order valence-corrected chi connectivity index (χ1v) is 11.4. The van der Waals surface area contributed by atoms with Gasteiger partial charge in [-0.05, 0) is 48.5 Å². The van der Waals surface area contributed by atoms with Crippen LogP contribution >= 0.6 is 12.2 Å². The molecule has 0 unspecified atom stereocenters. The normalized spacial score (nSPS) is 10.8. The second kappa shape index (κ2) is 10.6. The number of methoxy groups -OCH3 is 1. The van der Waals surface area contributed by atoms with Crippen molar-refractivity contribution < 1.29 is 17.9 Å². The minimum atomic E-state index is -3.91. The molecule has 0 saturated carbocycles. The maximum absolute atomic E-state index is 12.6. The summed E-state index contributed by atoms with van der Waals surface area (Å²) in [5.41, 5.74) is 1.58. The Balaban J connectivity index is 1.55. The number of rotatable bonds is 8. The number of aryl methyl sites for hydroxylation is 1. The van der Waals surface area contributed by atoms with E-state index in [1.807, 2.05) is 30.3 Å². The van der Waals surface area contributed by atoms with E-state index in [0.717, 1.165) is 5.56 Å². The Morgan fingerprint density at radius 2 is 1.72 bits per heavy atom. The van der Waals surface area contributed by atoms with Gasteiger partial charge in [0.1, 0.15) is 0 Å². The van der Waals surface area contributed by atoms with Gasteiger partial charge in [0, 0.05) is 24.5 Å². The fourth-order valence-corrected chi connectivity index (χ4v) is 3.94. The van der Waals surface area contributed by atoms with Crippen LogP contribution in [-0.4, -0.2) is 36.5 Å². The average molecular weight is 472 g/mol. The number of aromatic nitrogens is 2. The third-order valence-electron chi connectivity index (χ3n) is 4.25. The summed E-state index contributed by atoms with van der Waals surface area (Å²) in [5, 5.41) is 5.60. The molecule has 0 aliphatic heterocycles. The number of carbonyl (C=O) groups is 1. The summed E-state index contributed by atoms with van der Waals surface area (Å²) in [6.07, 6.45) is 3.63. The summed E-state index contributed by atoms with van der Waals surface area (Å²) in [7, 11) is -2.54. The van der Waals surface area contributed by atoms with Gasteiger partial charge in [0.2, 0.25) is 11.7 Å². The van der Waals surface area contributed by atoms with Gasteiger partial charge in [0.25, 0.3) is 15.9 Å². The summed E-state index contributed by atoms with van der Waals surface area (Å²) >= 11 is 5.16. The zero-order chi connectivity index (χ0) is 23.0. The van der Waals surface area contributed by atoms with Gasteiger partial charge in [-0.2, -0.15) is 0 Å². The van der Waals surface area contributed by atoms with Gasteiger partial charge < -0.3 is 15.4 Å². The molecule has 166 valence electrons. The summed E-state index contributed by atoms with van der Waals surface area (Å²) in [5.74, 6) is -0.174. The smallest absolute Gasteiger partial charge is 0.263 e. The summed E-state index contributed by atoms with van der Waals surface area (Å²) < 4.78 is 32.5. The molecule has 3 aromatic rings. The first kappa shape index (κ1) is 23.1. The molecule has 0 fully saturated rings. The Labute approximate surface area is 191 Å². The molecular formula is C21H21N5O4S2. The van der Waals surface area contributed by atoms with Crippen molar-refractivity contribution >= 4 is 44.8 Å². The maximum atomic E-state index is 12.6. The van der Waals surface area contributed by atoms with E-state index in [2.05, 4.69) is 25.3 Å². The van der Waals surface area contributed by atoms with E-state index in [1.54, 1.807) is 0 Å². The molecule has 0 bridgehead atoms. The highest BCUT2D eigenvalue weighted by atomic mass is 32.2. The van der Waals surface area contributed by atoms with Crippen molar-refractivity contribution in [1.82, 2.24) is 15.3 Å². The van der Waals surface area contributed by atoms with E-state index in [-0.39, 0.29) is 27.6 Å². The largest absolute Gasteiger partial charge is 0.478 e. The Bertz CT molecular complexity index is 1190. The predicted octanol–water partition coefficient (Wildman–Crippen LogP) is 2.73. The summed E-state index contributed by atoms with van der Waals surface area (Å²) in [4.78, 5) is 19.9. The quantitative estimate of drug-likeness (QED) is 0.429. The lowest BCUT2D eigenvalue weighted by atomic mass is 10.1. The van der Waals surface area contributed by atoms with Gasteiger partial charge in [-0.3, -0.25) is 9.52 Å². The van der Waals surface area contributed by atoms with E-state index >= 15 is 0 Å². The van der Waals surface area contributed by atoms with Crippen molar-refractivity contribution in [2.75, 3.05) is 17.1 Å². The molecule has 3 rings (SSSR count). The van der Waals surface area contributed by atoms with Gasteiger partial charge in [-0.15, -0.1) is 0 Å². The van der Waals surface area contributed by atoms with E-state index in [9.17, 15) is 13.2 Å². The average Bonchev–Trinajstić information content (AvgIpc) is 2.79. The monoisotopic (exact) mass is 471 g/mol. The highest BCUT2D eigenvalue weighted by Gasteiger charge is 2.18. The van der Waals surface area contributed by atoms with E-state index in [1.165, 1.54) is 43.8 Å². The molecule has 1 aromatic heterocycles. The van der Waals surface area contributed by atoms with Gasteiger partial charge >= 0.3 is 0 Å². The number of sulfonamides is 1. The second-order valence-corrected chi connectivity index (χ2v) is 8.62. The number of nitrogens with one attached hydrogen (secondary N) is 3. The lowest BCUT2D eigenvalue weighted by Crippen LogP contribution is -2.34. The molecular weight excluding hydrogens is 450 g/mol. The topological polar surface area (TPSA) is 122 Å². The van der Waals surface area contributed by atoms with Gasteiger partial charge in [0.15, 0.2) is 5.11 Å². The van der Waals surface area contributed by atoms with E-state index in [4.69, 9.17) is 17.0 Å². The van der Waals surface area contributed by atoms with Gasteiger partial charge in [-0.25, -0.2) is 18.4 Å². The molecule has 9 nitrogen and oxygen atoms in total. The predicted molar refractivity (Wildman–Crippen MR) is 125 cm³/mol. The van der Waals surface area contributed by atoms with Crippen LogP contribution in [0, 0.1) is 0 Å². The van der Waals surface area contributed by atoms with Crippen LogP contribution in [0.3, 0.4) is 0 Å². The minimum Gasteiger partial charge on any atom is -0.478 e. The molecule has 0 aliphatic rings. The van der Waals surface area contributed by atoms with Gasteiger partial charge in [0.05, 0.1) is 12.0 Å². The molecule has 11 heteroatoms. The Kier molecular flexibility index (Phi) is 7.68. The Morgan fingerprint density at radius 3 is 2.41 bits per heavy atom. The van der Waals surface area contributed by atoms with Gasteiger partial charge in [-0.1, -0.05) is 30.3 Å². The second-order valence-electron chi connectivity index (χ2n) is 6.53. The standard InChI is InChI=1S/C21H21N5O4S2/c1-30-20-19(22-13-14-23-20)26-32(28,29)17-10-8-16(9-11-17)24-21(31)25-18(27)12-7-15-5-3-2-4-6-15/h2-6,8-11,13-14H,7,12H2,1H3,(H,22,26)(H2,24,25,27,31). The summed E-state index contributed by atoms with van der Waals surface area (Å²) in [6.45, 7) is 0. The van der Waals surface area contributed by atoms with Crippen LogP contribution < -0.4 is 20.1 Å². The fourth-order valence-electron chi connectivity index (χ4n) is 2.70. The van der Waals surface area contributed by atoms with Crippen molar-refractivity contribution in [3.8, 4) is 5.88 Å². The van der Waals surface area contributed by atoms with E-state index < -0.39 is 10.0 Å². The molecule has 0 spiro atoms. The number of amides is 1. The highest BCUT2D eigenvalue weighted by Crippen LogP contribution is 2.22. The van der Waals surface area contributed by atoms with Crippen LogP contribution in [0.1, 0.15) is 12.0 Å². The lowest BCUT2D eigenvalue weighted by molar-refractivity contribution is -0.119. The molecule has 0 saturated heterocycles. The zero-order valence-corrected chi connectivity index (χ0v) is 18.7. The lowest BCUT2D eigenvalue weighted by Gasteiger charge is -2.12. The van der Waals surface area contributed by atoms with Crippen molar-refractivity contribution in [1.29, 1.82) is 0 Å². The first-order valence-electron chi connectivity index (χ1n) is 9.50. The molecule has 0 radical (unpaired) electrons. The minimum absolute atomic E-state index is 0.00794. The summed E-state index contributed by atoms with van der Waals surface area (Å²) in [6, 6.07) is 15.5. The molecule has 2 aromatic carbocycles. The number of benzene rings is 2. The number of nitrogens with zero attached hydrogens (tertiary/aromatic N) is 2. The highest BCUT2D eigenvalue weighted by molar-refractivity contribution is 7.92. The number of anilines is 2. The van der Waals surface area contributed by atoms with Crippen LogP contribution in [0.4, 0.5) is 11.5 Å².